The van der Waals surface area contributed by atoms with Crippen LogP contribution in [0.25, 0.3) is 0 Å². The highest BCUT2D eigenvalue weighted by atomic mass is 16.2. The van der Waals surface area contributed by atoms with Crippen LogP contribution in [-0.2, 0) is 19.8 Å². The maximum absolute atomic E-state index is 13.4. The van der Waals surface area contributed by atoms with Crippen molar-refractivity contribution in [1.82, 2.24) is 15.5 Å². The highest BCUT2D eigenvalue weighted by Crippen LogP contribution is 2.46. The first kappa shape index (κ1) is 32.9. The fourth-order valence-corrected chi connectivity index (χ4v) is 6.65. The monoisotopic (exact) mass is 596 g/mol. The molecule has 1 fully saturated rings. The number of nitrogens with one attached hydrogen (secondary N) is 2. The third-order valence-electron chi connectivity index (χ3n) is 9.08. The number of nitrogens with zero attached hydrogens (tertiary/aromatic N) is 1. The molecule has 4 rings (SSSR count). The number of amides is 3. The van der Waals surface area contributed by atoms with Crippen LogP contribution in [0.5, 0.6) is 0 Å². The predicted molar refractivity (Wildman–Crippen MR) is 176 cm³/mol. The zero-order chi connectivity index (χ0) is 31.4. The number of piperidine rings is 1. The summed E-state index contributed by atoms with van der Waals surface area (Å²) in [7, 11) is 0. The number of benzene rings is 3. The lowest BCUT2D eigenvalue weighted by molar-refractivity contribution is -0.130. The van der Waals surface area contributed by atoms with E-state index in [1.807, 2.05) is 91.0 Å². The molecule has 0 bridgehead atoms. The second-order valence-electron chi connectivity index (χ2n) is 12.3. The van der Waals surface area contributed by atoms with Crippen molar-refractivity contribution >= 4 is 17.7 Å². The quantitative estimate of drug-likeness (QED) is 0.217. The van der Waals surface area contributed by atoms with Crippen LogP contribution in [0, 0.1) is 17.8 Å². The van der Waals surface area contributed by atoms with E-state index in [1.54, 1.807) is 0 Å². The third-order valence-corrected chi connectivity index (χ3v) is 9.08. The summed E-state index contributed by atoms with van der Waals surface area (Å²) in [5.41, 5.74) is 7.76. The molecule has 1 saturated heterocycles. The first-order valence-corrected chi connectivity index (χ1v) is 16.1. The first-order valence-electron chi connectivity index (χ1n) is 16.1. The van der Waals surface area contributed by atoms with Gasteiger partial charge in [0.25, 0.3) is 0 Å². The fourth-order valence-electron chi connectivity index (χ4n) is 6.65. The van der Waals surface area contributed by atoms with E-state index in [4.69, 9.17) is 5.73 Å². The van der Waals surface area contributed by atoms with E-state index >= 15 is 0 Å². The molecule has 4 N–H and O–H groups in total. The van der Waals surface area contributed by atoms with Gasteiger partial charge in [-0.3, -0.25) is 14.4 Å². The normalized spacial score (nSPS) is 16.9. The van der Waals surface area contributed by atoms with Crippen molar-refractivity contribution in [2.45, 2.75) is 51.4 Å². The lowest BCUT2D eigenvalue weighted by atomic mass is 9.60. The minimum Gasteiger partial charge on any atom is -0.369 e. The summed E-state index contributed by atoms with van der Waals surface area (Å²) in [6.45, 7) is 8.62. The van der Waals surface area contributed by atoms with Gasteiger partial charge in [-0.05, 0) is 47.9 Å². The molecule has 0 aromatic heterocycles. The van der Waals surface area contributed by atoms with Gasteiger partial charge in [0, 0.05) is 39.0 Å². The van der Waals surface area contributed by atoms with Crippen molar-refractivity contribution in [3.8, 4) is 0 Å². The van der Waals surface area contributed by atoms with Gasteiger partial charge in [0.05, 0.1) is 11.3 Å². The van der Waals surface area contributed by atoms with Gasteiger partial charge in [-0.15, -0.1) is 0 Å². The molecule has 1 heterocycles. The zero-order valence-corrected chi connectivity index (χ0v) is 26.2. The molecular weight excluding hydrogens is 548 g/mol. The van der Waals surface area contributed by atoms with Crippen molar-refractivity contribution in [2.24, 2.45) is 23.5 Å². The van der Waals surface area contributed by atoms with E-state index in [2.05, 4.69) is 29.4 Å². The molecule has 3 atom stereocenters. The molecule has 1 aliphatic rings. The van der Waals surface area contributed by atoms with Crippen molar-refractivity contribution in [2.75, 3.05) is 32.7 Å². The number of hydrogen-bond acceptors (Lipinski definition) is 4. The van der Waals surface area contributed by atoms with E-state index in [0.717, 1.165) is 49.2 Å². The number of likely N-dealkylation sites (tertiary alicyclic amines) is 1. The zero-order valence-electron chi connectivity index (χ0n) is 26.2. The second kappa shape index (κ2) is 16.2. The Hall–Kier alpha value is -3.97. The van der Waals surface area contributed by atoms with Gasteiger partial charge in [-0.2, -0.15) is 0 Å². The average molecular weight is 597 g/mol. The molecule has 3 aromatic carbocycles. The number of nitrogens with two attached hydrogens (primary N) is 1. The molecule has 0 radical (unpaired) electrons. The van der Waals surface area contributed by atoms with Crippen LogP contribution in [0.3, 0.4) is 0 Å². The van der Waals surface area contributed by atoms with Crippen LogP contribution in [0.2, 0.25) is 0 Å². The van der Waals surface area contributed by atoms with E-state index in [1.165, 1.54) is 6.42 Å². The summed E-state index contributed by atoms with van der Waals surface area (Å²) < 4.78 is 0. The average Bonchev–Trinajstić information content (AvgIpc) is 3.05. The molecule has 3 aromatic rings. The summed E-state index contributed by atoms with van der Waals surface area (Å²) >= 11 is 0. The Kier molecular flexibility index (Phi) is 12.1. The SMILES string of the molecule is CCC(C)CN1CCCC(CNC(=O)CCNC(=O)CC(C(N)=O)C(c2ccccc2)(c2ccccc2)c2ccccc2)C1. The third kappa shape index (κ3) is 8.35. The Morgan fingerprint density at radius 2 is 1.41 bits per heavy atom. The number of hydrogen-bond donors (Lipinski definition) is 3. The van der Waals surface area contributed by atoms with E-state index < -0.39 is 17.2 Å². The van der Waals surface area contributed by atoms with Crippen molar-refractivity contribution < 1.29 is 14.4 Å². The lowest BCUT2D eigenvalue weighted by Crippen LogP contribution is -2.47. The molecule has 0 spiro atoms. The van der Waals surface area contributed by atoms with Crippen molar-refractivity contribution in [3.63, 3.8) is 0 Å². The van der Waals surface area contributed by atoms with Crippen molar-refractivity contribution in [1.29, 1.82) is 0 Å². The molecular formula is C37H48N4O3. The molecule has 1 aliphatic heterocycles. The van der Waals surface area contributed by atoms with E-state index in [0.29, 0.717) is 18.4 Å². The largest absolute Gasteiger partial charge is 0.369 e. The number of carbonyl (C=O) groups excluding carboxylic acids is 3. The minimum absolute atomic E-state index is 0.0806. The van der Waals surface area contributed by atoms with Gasteiger partial charge in [-0.25, -0.2) is 0 Å². The summed E-state index contributed by atoms with van der Waals surface area (Å²) in [6, 6.07) is 29.3. The summed E-state index contributed by atoms with van der Waals surface area (Å²) in [5.74, 6) is -0.716. The summed E-state index contributed by atoms with van der Waals surface area (Å²) in [5, 5.41) is 5.95. The van der Waals surface area contributed by atoms with Gasteiger partial charge >= 0.3 is 0 Å². The Morgan fingerprint density at radius 3 is 1.91 bits per heavy atom. The number of rotatable bonds is 15. The van der Waals surface area contributed by atoms with E-state index in [-0.39, 0.29) is 31.2 Å². The predicted octanol–water partition coefficient (Wildman–Crippen LogP) is 4.89. The summed E-state index contributed by atoms with van der Waals surface area (Å²) in [6.07, 6.45) is 3.51. The van der Waals surface area contributed by atoms with Gasteiger partial charge in [0.2, 0.25) is 17.7 Å². The van der Waals surface area contributed by atoms with Crippen LogP contribution in [0.1, 0.15) is 62.6 Å². The van der Waals surface area contributed by atoms with Crippen LogP contribution < -0.4 is 16.4 Å². The van der Waals surface area contributed by atoms with Crippen LogP contribution in [-0.4, -0.2) is 55.3 Å². The van der Waals surface area contributed by atoms with Gasteiger partial charge in [-0.1, -0.05) is 111 Å². The molecule has 3 unspecified atom stereocenters. The van der Waals surface area contributed by atoms with Crippen LogP contribution >= 0.6 is 0 Å². The van der Waals surface area contributed by atoms with Gasteiger partial charge in [0.1, 0.15) is 0 Å². The smallest absolute Gasteiger partial charge is 0.222 e. The Labute approximate surface area is 262 Å². The lowest BCUT2D eigenvalue weighted by Gasteiger charge is -2.41. The molecule has 44 heavy (non-hydrogen) atoms. The maximum Gasteiger partial charge on any atom is 0.222 e. The number of primary amides is 1. The first-order chi connectivity index (χ1) is 21.3. The van der Waals surface area contributed by atoms with Crippen LogP contribution in [0.4, 0.5) is 0 Å². The Balaban J connectivity index is 1.42. The summed E-state index contributed by atoms with van der Waals surface area (Å²) in [4.78, 5) is 41.9. The highest BCUT2D eigenvalue weighted by molar-refractivity contribution is 5.88. The maximum atomic E-state index is 13.4. The second-order valence-corrected chi connectivity index (χ2v) is 12.3. The molecule has 234 valence electrons. The molecule has 0 saturated carbocycles. The number of carbonyl (C=O) groups is 3. The molecule has 3 amide bonds. The van der Waals surface area contributed by atoms with Gasteiger partial charge in [0.15, 0.2) is 0 Å². The van der Waals surface area contributed by atoms with Crippen LogP contribution in [0.15, 0.2) is 91.0 Å². The van der Waals surface area contributed by atoms with Gasteiger partial charge < -0.3 is 21.3 Å². The van der Waals surface area contributed by atoms with E-state index in [9.17, 15) is 14.4 Å². The highest BCUT2D eigenvalue weighted by Gasteiger charge is 2.47. The molecule has 7 heteroatoms. The molecule has 0 aliphatic carbocycles. The standard InChI is InChI=1S/C37H48N4O3/c1-3-28(2)26-41-23-13-14-29(27-41)25-40-34(42)21-22-39-35(43)24-33(36(38)44)37(30-15-7-4-8-16-30,31-17-9-5-10-18-31)32-19-11-6-12-20-32/h4-12,15-20,28-29,33H,3,13-14,21-27H2,1-2H3,(H2,38,44)(H,39,43)(H,40,42). The fraction of sp³-hybridized carbons (Fsp3) is 0.432. The Morgan fingerprint density at radius 1 is 0.864 bits per heavy atom. The Bertz CT molecular complexity index is 1240. The topological polar surface area (TPSA) is 105 Å². The molecule has 7 nitrogen and oxygen atoms in total. The van der Waals surface area contributed by atoms with Crippen molar-refractivity contribution in [3.05, 3.63) is 108 Å². The minimum atomic E-state index is -0.993.